The number of nitrogens with zero attached hydrogens (tertiary/aromatic N) is 4. The first-order valence-electron chi connectivity index (χ1n) is 8.86. The van der Waals surface area contributed by atoms with Gasteiger partial charge in [0.05, 0.1) is 0 Å². The van der Waals surface area contributed by atoms with Gasteiger partial charge in [0.15, 0.2) is 5.56 Å². The van der Waals surface area contributed by atoms with Gasteiger partial charge in [-0.05, 0) is 25.3 Å². The van der Waals surface area contributed by atoms with Crippen molar-refractivity contribution in [2.45, 2.75) is 38.1 Å². The summed E-state index contributed by atoms with van der Waals surface area (Å²) in [4.78, 5) is 26.7. The summed E-state index contributed by atoms with van der Waals surface area (Å²) >= 11 is 0. The molecule has 0 bridgehead atoms. The highest BCUT2D eigenvalue weighted by atomic mass is 16.2. The van der Waals surface area contributed by atoms with Crippen molar-refractivity contribution < 1.29 is 0 Å². The Morgan fingerprint density at radius 1 is 1.12 bits per heavy atom. The number of benzene rings is 1. The number of aromatic nitrogens is 2. The molecule has 6 nitrogen and oxygen atoms in total. The standard InChI is InChI=1S/C20H24N4O2/c1-13-8-10-14(11-9-13)15-6-5-7-17(15)22(2)18-16(12-21)19(25)24(4)20(26)23(18)3/h8-11,15,17H,5-7H2,1-4H3/t15-,17-/m1/s1. The maximum atomic E-state index is 12.4. The molecule has 0 amide bonds. The molecule has 1 aromatic carbocycles. The third kappa shape index (κ3) is 2.84. The maximum absolute atomic E-state index is 12.4. The summed E-state index contributed by atoms with van der Waals surface area (Å²) in [5, 5.41) is 9.54. The molecule has 1 aliphatic rings. The molecule has 26 heavy (non-hydrogen) atoms. The van der Waals surface area contributed by atoms with Crippen LogP contribution in [0.3, 0.4) is 0 Å². The van der Waals surface area contributed by atoms with E-state index in [9.17, 15) is 14.9 Å². The van der Waals surface area contributed by atoms with E-state index in [0.29, 0.717) is 11.7 Å². The van der Waals surface area contributed by atoms with Crippen LogP contribution in [-0.2, 0) is 14.1 Å². The second-order valence-electron chi connectivity index (χ2n) is 7.14. The minimum absolute atomic E-state index is 0.0201. The van der Waals surface area contributed by atoms with E-state index in [1.54, 1.807) is 7.05 Å². The summed E-state index contributed by atoms with van der Waals surface area (Å²) in [6, 6.07) is 10.7. The number of hydrogen-bond donors (Lipinski definition) is 0. The van der Waals surface area contributed by atoms with Crippen molar-refractivity contribution in [3.63, 3.8) is 0 Å². The van der Waals surface area contributed by atoms with E-state index in [2.05, 4.69) is 31.2 Å². The van der Waals surface area contributed by atoms with E-state index < -0.39 is 11.2 Å². The number of aryl methyl sites for hydroxylation is 1. The lowest BCUT2D eigenvalue weighted by Crippen LogP contribution is -2.44. The van der Waals surface area contributed by atoms with Gasteiger partial charge < -0.3 is 4.90 Å². The van der Waals surface area contributed by atoms with Crippen LogP contribution in [0.4, 0.5) is 5.82 Å². The molecule has 0 N–H and O–H groups in total. The number of likely N-dealkylation sites (N-methyl/N-ethyl adjacent to an activating group) is 1. The van der Waals surface area contributed by atoms with Crippen LogP contribution in [0.15, 0.2) is 33.9 Å². The number of hydrogen-bond acceptors (Lipinski definition) is 4. The SMILES string of the molecule is Cc1ccc([C@H]2CCC[C@H]2N(C)c2c(C#N)c(=O)n(C)c(=O)n2C)cc1. The fourth-order valence-corrected chi connectivity index (χ4v) is 4.11. The van der Waals surface area contributed by atoms with Crippen LogP contribution >= 0.6 is 0 Å². The lowest BCUT2D eigenvalue weighted by Gasteiger charge is -2.33. The molecule has 136 valence electrons. The highest BCUT2D eigenvalue weighted by molar-refractivity contribution is 5.54. The molecule has 2 aromatic rings. The summed E-state index contributed by atoms with van der Waals surface area (Å²) in [6.07, 6.45) is 3.09. The number of anilines is 1. The fourth-order valence-electron chi connectivity index (χ4n) is 4.11. The first-order valence-corrected chi connectivity index (χ1v) is 8.86. The van der Waals surface area contributed by atoms with Crippen LogP contribution in [0.5, 0.6) is 0 Å². The van der Waals surface area contributed by atoms with Gasteiger partial charge >= 0.3 is 5.69 Å². The Bertz CT molecular complexity index is 979. The number of nitriles is 1. The Kier molecular flexibility index (Phi) is 4.73. The molecular weight excluding hydrogens is 328 g/mol. The molecule has 1 fully saturated rings. The Hall–Kier alpha value is -2.81. The van der Waals surface area contributed by atoms with E-state index in [1.807, 2.05) is 18.0 Å². The minimum atomic E-state index is -0.540. The van der Waals surface area contributed by atoms with E-state index in [4.69, 9.17) is 0 Å². The summed E-state index contributed by atoms with van der Waals surface area (Å²) in [5.74, 6) is 0.718. The highest BCUT2D eigenvalue weighted by Crippen LogP contribution is 2.39. The summed E-state index contributed by atoms with van der Waals surface area (Å²) in [7, 11) is 4.90. The van der Waals surface area contributed by atoms with Crippen molar-refractivity contribution in [3.8, 4) is 6.07 Å². The predicted octanol–water partition coefficient (Wildman–Crippen LogP) is 2.04. The zero-order valence-corrected chi connectivity index (χ0v) is 15.7. The van der Waals surface area contributed by atoms with E-state index in [-0.39, 0.29) is 11.6 Å². The van der Waals surface area contributed by atoms with Gasteiger partial charge in [-0.15, -0.1) is 0 Å². The molecule has 0 spiro atoms. The average molecular weight is 352 g/mol. The van der Waals surface area contributed by atoms with Crippen LogP contribution in [0.1, 0.15) is 41.9 Å². The molecule has 0 saturated heterocycles. The lowest BCUT2D eigenvalue weighted by atomic mass is 9.92. The van der Waals surface area contributed by atoms with Crippen molar-refractivity contribution in [2.24, 2.45) is 14.1 Å². The second kappa shape index (κ2) is 6.83. The van der Waals surface area contributed by atoms with Crippen LogP contribution in [0.2, 0.25) is 0 Å². The molecule has 2 atom stereocenters. The first-order chi connectivity index (χ1) is 12.4. The molecule has 6 heteroatoms. The van der Waals surface area contributed by atoms with E-state index in [0.717, 1.165) is 23.8 Å². The largest absolute Gasteiger partial charge is 0.356 e. The van der Waals surface area contributed by atoms with Gasteiger partial charge in [-0.25, -0.2) is 4.79 Å². The van der Waals surface area contributed by atoms with E-state index >= 15 is 0 Å². The molecular formula is C20H24N4O2. The van der Waals surface area contributed by atoms with Crippen LogP contribution < -0.4 is 16.1 Å². The third-order valence-electron chi connectivity index (χ3n) is 5.56. The third-order valence-corrected chi connectivity index (χ3v) is 5.56. The smallest absolute Gasteiger partial charge is 0.332 e. The van der Waals surface area contributed by atoms with E-state index in [1.165, 1.54) is 22.7 Å². The van der Waals surface area contributed by atoms with Gasteiger partial charge in [0.1, 0.15) is 11.9 Å². The zero-order valence-electron chi connectivity index (χ0n) is 15.7. The highest BCUT2D eigenvalue weighted by Gasteiger charge is 2.34. The van der Waals surface area contributed by atoms with Crippen LogP contribution in [0, 0.1) is 18.3 Å². The summed E-state index contributed by atoms with van der Waals surface area (Å²) in [5.41, 5.74) is 1.55. The Balaban J connectivity index is 2.08. The normalized spacial score (nSPS) is 19.3. The van der Waals surface area contributed by atoms with Crippen LogP contribution in [0.25, 0.3) is 0 Å². The van der Waals surface area contributed by atoms with Crippen molar-refractivity contribution in [1.82, 2.24) is 9.13 Å². The summed E-state index contributed by atoms with van der Waals surface area (Å²) in [6.45, 7) is 2.07. The molecule has 0 unspecified atom stereocenters. The maximum Gasteiger partial charge on any atom is 0.332 e. The molecule has 1 heterocycles. The Labute approximate surface area is 152 Å². The van der Waals surface area contributed by atoms with Gasteiger partial charge in [0, 0.05) is 33.1 Å². The fraction of sp³-hybridized carbons (Fsp3) is 0.450. The lowest BCUT2D eigenvalue weighted by molar-refractivity contribution is 0.556. The minimum Gasteiger partial charge on any atom is -0.356 e. The summed E-state index contributed by atoms with van der Waals surface area (Å²) < 4.78 is 2.40. The predicted molar refractivity (Wildman–Crippen MR) is 102 cm³/mol. The van der Waals surface area contributed by atoms with Gasteiger partial charge in [-0.3, -0.25) is 13.9 Å². The Morgan fingerprint density at radius 2 is 1.77 bits per heavy atom. The molecule has 1 aliphatic carbocycles. The quantitative estimate of drug-likeness (QED) is 0.847. The molecule has 3 rings (SSSR count). The average Bonchev–Trinajstić information content (AvgIpc) is 3.12. The number of rotatable bonds is 3. The van der Waals surface area contributed by atoms with Crippen molar-refractivity contribution in [3.05, 3.63) is 61.8 Å². The second-order valence-corrected chi connectivity index (χ2v) is 7.14. The van der Waals surface area contributed by atoms with Gasteiger partial charge in [0.2, 0.25) is 0 Å². The van der Waals surface area contributed by atoms with Crippen LogP contribution in [-0.4, -0.2) is 22.2 Å². The molecule has 1 aromatic heterocycles. The molecule has 0 aliphatic heterocycles. The van der Waals surface area contributed by atoms with Gasteiger partial charge in [0.25, 0.3) is 5.56 Å². The Morgan fingerprint density at radius 3 is 2.38 bits per heavy atom. The van der Waals surface area contributed by atoms with Gasteiger partial charge in [-0.1, -0.05) is 36.2 Å². The molecule has 1 saturated carbocycles. The topological polar surface area (TPSA) is 71.0 Å². The van der Waals surface area contributed by atoms with Crippen molar-refractivity contribution in [1.29, 1.82) is 5.26 Å². The zero-order chi connectivity index (χ0) is 19.0. The first kappa shape index (κ1) is 18.0. The van der Waals surface area contributed by atoms with Crippen molar-refractivity contribution in [2.75, 3.05) is 11.9 Å². The molecule has 0 radical (unpaired) electrons. The van der Waals surface area contributed by atoms with Gasteiger partial charge in [-0.2, -0.15) is 5.26 Å². The van der Waals surface area contributed by atoms with Crippen molar-refractivity contribution >= 4 is 5.82 Å². The monoisotopic (exact) mass is 352 g/mol.